The van der Waals surface area contributed by atoms with Gasteiger partial charge in [0.15, 0.2) is 0 Å². The molecule has 11 aromatic carbocycles. The first-order chi connectivity index (χ1) is 42.3. The topological polar surface area (TPSA) is 30.3 Å². The van der Waals surface area contributed by atoms with Gasteiger partial charge in [-0.15, -0.1) is 0 Å². The Bertz CT molecular complexity index is 4470. The largest absolute Gasteiger partial charge is 0.306 e. The van der Waals surface area contributed by atoms with E-state index < -0.39 is 16.2 Å². The number of anilines is 6. The highest BCUT2D eigenvalue weighted by Crippen LogP contribution is 2.74. The number of fused-ring (bicyclic) bond motifs is 10. The summed E-state index contributed by atoms with van der Waals surface area (Å²) in [6.45, 7) is 26.5. The molecule has 3 nitrogen and oxygen atoms in total. The molecular weight excluding hydrogens is 1100 g/mol. The normalized spacial score (nSPS) is 15.3. The lowest BCUT2D eigenvalue weighted by atomic mass is 9.51. The van der Waals surface area contributed by atoms with Crippen molar-refractivity contribution in [2.24, 2.45) is 0 Å². The SMILES string of the molecule is Cc1c(N2c3ccc(-c4ccccc4)cc3Sc3cc(-c4ccccc4)ccc32)c(N2c3ccc(-c4ccccc4)cc3Sc3cc(-c4ccccc4)ccc32)c(C#N)c2c1C(C)(C)C1(c3cc(C(C)(C)C)ccc3-c3ccc(C(C)(C)C)cc31)C2(C)C. The van der Waals surface area contributed by atoms with Crippen LogP contribution in [0.5, 0.6) is 0 Å². The first kappa shape index (κ1) is 55.8. The number of hydrogen-bond acceptors (Lipinski definition) is 5. The molecular formula is C83H71N3S2. The van der Waals surface area contributed by atoms with Gasteiger partial charge in [-0.3, -0.25) is 0 Å². The molecule has 0 radical (unpaired) electrons. The third-order valence-corrected chi connectivity index (χ3v) is 22.1. The molecule has 11 aromatic rings. The van der Waals surface area contributed by atoms with E-state index in [1.54, 1.807) is 0 Å². The average molecular weight is 1170 g/mol. The molecule has 0 N–H and O–H groups in total. The minimum Gasteiger partial charge on any atom is -0.306 e. The fourth-order valence-corrected chi connectivity index (χ4v) is 18.2. The zero-order chi connectivity index (χ0) is 60.8. The molecule has 88 heavy (non-hydrogen) atoms. The van der Waals surface area contributed by atoms with Gasteiger partial charge >= 0.3 is 0 Å². The van der Waals surface area contributed by atoms with Crippen LogP contribution < -0.4 is 9.80 Å². The summed E-state index contributed by atoms with van der Waals surface area (Å²) in [6.07, 6.45) is 0. The molecule has 0 saturated carbocycles. The van der Waals surface area contributed by atoms with Crippen LogP contribution >= 0.6 is 23.5 Å². The van der Waals surface area contributed by atoms with Crippen LogP contribution in [0.2, 0.25) is 0 Å². The van der Waals surface area contributed by atoms with Crippen molar-refractivity contribution < 1.29 is 0 Å². The number of hydrogen-bond donors (Lipinski definition) is 0. The average Bonchev–Trinajstić information content (AvgIpc) is 1.49. The molecule has 5 heteroatoms. The molecule has 2 heterocycles. The first-order valence-electron chi connectivity index (χ1n) is 31.0. The first-order valence-corrected chi connectivity index (χ1v) is 32.6. The van der Waals surface area contributed by atoms with Gasteiger partial charge in [-0.2, -0.15) is 5.26 Å². The van der Waals surface area contributed by atoms with Crippen molar-refractivity contribution in [3.8, 4) is 61.7 Å². The van der Waals surface area contributed by atoms with Gasteiger partial charge in [0.25, 0.3) is 0 Å². The Morgan fingerprint density at radius 3 is 1.00 bits per heavy atom. The zero-order valence-electron chi connectivity index (χ0n) is 52.1. The number of benzene rings is 11. The maximum absolute atomic E-state index is 13.0. The molecule has 430 valence electrons. The van der Waals surface area contributed by atoms with Crippen molar-refractivity contribution in [3.05, 3.63) is 275 Å². The van der Waals surface area contributed by atoms with E-state index in [9.17, 15) is 5.26 Å². The number of rotatable bonds is 6. The van der Waals surface area contributed by atoms with Crippen molar-refractivity contribution in [3.63, 3.8) is 0 Å². The van der Waals surface area contributed by atoms with E-state index in [2.05, 4.69) is 323 Å². The van der Waals surface area contributed by atoms with Gasteiger partial charge in [-0.25, -0.2) is 0 Å². The molecule has 0 saturated heterocycles. The van der Waals surface area contributed by atoms with E-state index >= 15 is 0 Å². The number of nitrogens with zero attached hydrogens (tertiary/aromatic N) is 3. The highest BCUT2D eigenvalue weighted by atomic mass is 32.2. The third-order valence-electron chi connectivity index (χ3n) is 19.9. The second-order valence-corrected chi connectivity index (χ2v) is 29.8. The summed E-state index contributed by atoms with van der Waals surface area (Å²) in [5.74, 6) is 0. The Labute approximate surface area is 528 Å². The number of nitriles is 1. The van der Waals surface area contributed by atoms with Crippen LogP contribution in [-0.2, 0) is 27.1 Å². The standard InChI is InChI=1S/C83H71N3S2/c1-51-75-76(82(10,11)83(81(75,8)9)65-48-60(79(2,3)4)36-38-62(65)63-39-37-61(49-66(63)83)80(5,6)7)64(50-84)78(86-69-42-34-58(54-28-20-14-21-29-54)46-73(69)88-74-47-59(35-43-70(74)86)55-30-22-15-23-31-55)77(51)85-67-40-32-56(52-24-16-12-17-25-52)44-71(67)87-72-45-57(33-41-68(72)85)53-26-18-13-19-27-53/h12-49H,1-11H3. The summed E-state index contributed by atoms with van der Waals surface area (Å²) in [7, 11) is 0. The maximum atomic E-state index is 13.0. The predicted octanol–water partition coefficient (Wildman–Crippen LogP) is 23.5. The fraction of sp³-hybridized carbons (Fsp3) is 0.193. The van der Waals surface area contributed by atoms with Gasteiger partial charge in [0.2, 0.25) is 0 Å². The molecule has 4 aliphatic rings. The molecule has 0 unspecified atom stereocenters. The minimum atomic E-state index is -0.658. The molecule has 0 fully saturated rings. The Morgan fingerprint density at radius 2 is 0.682 bits per heavy atom. The molecule has 0 bridgehead atoms. The summed E-state index contributed by atoms with van der Waals surface area (Å²) >= 11 is 3.66. The monoisotopic (exact) mass is 1170 g/mol. The van der Waals surface area contributed by atoms with Gasteiger partial charge in [0.1, 0.15) is 6.07 Å². The Kier molecular flexibility index (Phi) is 12.8. The Hall–Kier alpha value is -8.79. The summed E-state index contributed by atoms with van der Waals surface area (Å²) < 4.78 is 0. The van der Waals surface area contributed by atoms with E-state index in [1.165, 1.54) is 55.6 Å². The second kappa shape index (κ2) is 20.1. The van der Waals surface area contributed by atoms with Crippen molar-refractivity contribution in [1.29, 1.82) is 5.26 Å². The van der Waals surface area contributed by atoms with Crippen molar-refractivity contribution >= 4 is 57.6 Å². The van der Waals surface area contributed by atoms with Crippen LogP contribution in [-0.4, -0.2) is 0 Å². The van der Waals surface area contributed by atoms with Crippen LogP contribution in [0.25, 0.3) is 55.6 Å². The van der Waals surface area contributed by atoms with Crippen LogP contribution in [0.15, 0.2) is 250 Å². The lowest BCUT2D eigenvalue weighted by molar-refractivity contribution is 0.230. The van der Waals surface area contributed by atoms with E-state index in [0.717, 1.165) is 92.7 Å². The predicted molar refractivity (Wildman–Crippen MR) is 371 cm³/mol. The molecule has 0 aromatic heterocycles. The minimum absolute atomic E-state index is 0.114. The maximum Gasteiger partial charge on any atom is 0.102 e. The summed E-state index contributed by atoms with van der Waals surface area (Å²) in [5.41, 5.74) is 25.4. The Morgan fingerprint density at radius 1 is 0.364 bits per heavy atom. The van der Waals surface area contributed by atoms with E-state index in [-0.39, 0.29) is 10.8 Å². The quantitative estimate of drug-likeness (QED) is 0.166. The van der Waals surface area contributed by atoms with Crippen LogP contribution in [0.4, 0.5) is 34.1 Å². The van der Waals surface area contributed by atoms with Gasteiger partial charge < -0.3 is 9.80 Å². The Balaban J connectivity index is 1.10. The van der Waals surface area contributed by atoms with Crippen LogP contribution in [0, 0.1) is 18.3 Å². The van der Waals surface area contributed by atoms with Gasteiger partial charge in [-0.05, 0) is 161 Å². The van der Waals surface area contributed by atoms with Gasteiger partial charge in [0, 0.05) is 35.8 Å². The fourth-order valence-electron chi connectivity index (χ4n) is 16.0. The summed E-state index contributed by atoms with van der Waals surface area (Å²) in [6, 6.07) is 88.9. The molecule has 15 rings (SSSR count). The van der Waals surface area contributed by atoms with Crippen LogP contribution in [0.1, 0.15) is 114 Å². The van der Waals surface area contributed by atoms with Crippen molar-refractivity contribution in [2.75, 3.05) is 9.80 Å². The molecule has 0 atom stereocenters. The van der Waals surface area contributed by atoms with Gasteiger partial charge in [-0.1, -0.05) is 275 Å². The van der Waals surface area contributed by atoms with Crippen molar-refractivity contribution in [2.45, 2.75) is 123 Å². The molecule has 2 aliphatic heterocycles. The smallest absolute Gasteiger partial charge is 0.102 e. The summed E-state index contributed by atoms with van der Waals surface area (Å²) in [4.78, 5) is 9.62. The van der Waals surface area contributed by atoms with E-state index in [1.807, 2.05) is 23.5 Å². The second-order valence-electron chi connectivity index (χ2n) is 27.6. The molecule has 1 spiro atoms. The van der Waals surface area contributed by atoms with E-state index in [4.69, 9.17) is 0 Å². The summed E-state index contributed by atoms with van der Waals surface area (Å²) in [5, 5.41) is 13.0. The van der Waals surface area contributed by atoms with Crippen molar-refractivity contribution in [1.82, 2.24) is 0 Å². The van der Waals surface area contributed by atoms with E-state index in [0.29, 0.717) is 5.56 Å². The molecule has 0 amide bonds. The highest BCUT2D eigenvalue weighted by molar-refractivity contribution is 8.00. The molecule has 2 aliphatic carbocycles. The zero-order valence-corrected chi connectivity index (χ0v) is 53.7. The highest BCUT2D eigenvalue weighted by Gasteiger charge is 2.69. The lowest BCUT2D eigenvalue weighted by Gasteiger charge is -2.50. The van der Waals surface area contributed by atoms with Gasteiger partial charge in [0.05, 0.1) is 39.7 Å². The van der Waals surface area contributed by atoms with Crippen LogP contribution in [0.3, 0.4) is 0 Å². The third kappa shape index (κ3) is 8.25. The lowest BCUT2D eigenvalue weighted by Crippen LogP contribution is -2.51.